The van der Waals surface area contributed by atoms with Crippen molar-refractivity contribution in [1.82, 2.24) is 0 Å². The summed E-state index contributed by atoms with van der Waals surface area (Å²) in [4.78, 5) is 0. The molecule has 2 N–H and O–H groups in total. The lowest BCUT2D eigenvalue weighted by Gasteiger charge is -2.08. The molecule has 0 aliphatic heterocycles. The van der Waals surface area contributed by atoms with Crippen molar-refractivity contribution < 1.29 is 4.21 Å². The minimum atomic E-state index is -0.904. The van der Waals surface area contributed by atoms with E-state index < -0.39 is 10.8 Å². The highest BCUT2D eigenvalue weighted by molar-refractivity contribution is 7.83. The Morgan fingerprint density at radius 3 is 2.53 bits per heavy atom. The molecular weight excluding hydrogens is 254 g/mol. The minimum absolute atomic E-state index is 0.560. The molecule has 2 rings (SSSR count). The normalized spacial score (nSPS) is 12.3. The topological polar surface area (TPSA) is 43.1 Å². The van der Waals surface area contributed by atoms with E-state index in [0.717, 1.165) is 22.4 Å². The number of hydrogen-bond donors (Lipinski definition) is 1. The quantitative estimate of drug-likeness (QED) is 0.868. The fraction of sp³-hybridized carbons (Fsp3) is 0.250. The average Bonchev–Trinajstić information content (AvgIpc) is 2.35. The molecule has 0 spiro atoms. The molecule has 0 bridgehead atoms. The summed E-state index contributed by atoms with van der Waals surface area (Å²) in [5.74, 6) is 1.15. The van der Waals surface area contributed by atoms with Crippen LogP contribution in [-0.2, 0) is 22.3 Å². The van der Waals surface area contributed by atoms with Crippen LogP contribution in [-0.4, -0.2) is 4.21 Å². The Labute approximate surface area is 117 Å². The number of aryl methyl sites for hydroxylation is 1. The lowest BCUT2D eigenvalue weighted by Crippen LogP contribution is -2.03. The first-order valence-corrected chi connectivity index (χ1v) is 7.79. The van der Waals surface area contributed by atoms with Crippen LogP contribution in [0.25, 0.3) is 0 Å². The molecule has 0 saturated carbocycles. The van der Waals surface area contributed by atoms with E-state index in [1.54, 1.807) is 0 Å². The predicted molar refractivity (Wildman–Crippen MR) is 82.3 cm³/mol. The molecule has 0 aromatic heterocycles. The van der Waals surface area contributed by atoms with Gasteiger partial charge in [0.1, 0.15) is 0 Å². The highest BCUT2D eigenvalue weighted by Crippen LogP contribution is 2.18. The highest BCUT2D eigenvalue weighted by Gasteiger charge is 2.07. The SMILES string of the molecule is Cc1cccc(CS(=O)Cc2cccc(N)c2C)c1. The molecule has 0 radical (unpaired) electrons. The van der Waals surface area contributed by atoms with Gasteiger partial charge in [0.15, 0.2) is 0 Å². The van der Waals surface area contributed by atoms with E-state index >= 15 is 0 Å². The minimum Gasteiger partial charge on any atom is -0.399 e. The second-order valence-corrected chi connectivity index (χ2v) is 6.31. The third kappa shape index (κ3) is 3.67. The molecule has 0 amide bonds. The monoisotopic (exact) mass is 273 g/mol. The van der Waals surface area contributed by atoms with Gasteiger partial charge < -0.3 is 5.73 Å². The average molecular weight is 273 g/mol. The Kier molecular flexibility index (Phi) is 4.38. The maximum absolute atomic E-state index is 12.2. The molecule has 0 heterocycles. The summed E-state index contributed by atoms with van der Waals surface area (Å²) in [6.45, 7) is 4.03. The standard InChI is InChI=1S/C16H19NOS/c1-12-5-3-6-14(9-12)10-19(18)11-15-7-4-8-16(17)13(15)2/h3-9H,10-11,17H2,1-2H3. The molecule has 0 saturated heterocycles. The number of anilines is 1. The molecule has 0 fully saturated rings. The lowest BCUT2D eigenvalue weighted by molar-refractivity contribution is 0.682. The van der Waals surface area contributed by atoms with Gasteiger partial charge >= 0.3 is 0 Å². The van der Waals surface area contributed by atoms with Crippen LogP contribution in [0.1, 0.15) is 22.3 Å². The largest absolute Gasteiger partial charge is 0.399 e. The number of hydrogen-bond acceptors (Lipinski definition) is 2. The van der Waals surface area contributed by atoms with Gasteiger partial charge in [-0.25, -0.2) is 0 Å². The van der Waals surface area contributed by atoms with E-state index in [2.05, 4.69) is 19.1 Å². The Morgan fingerprint density at radius 2 is 1.79 bits per heavy atom. The lowest BCUT2D eigenvalue weighted by atomic mass is 10.1. The summed E-state index contributed by atoms with van der Waals surface area (Å²) < 4.78 is 12.2. The fourth-order valence-corrected chi connectivity index (χ4v) is 3.39. The van der Waals surface area contributed by atoms with Crippen LogP contribution in [0.2, 0.25) is 0 Å². The zero-order valence-corrected chi connectivity index (χ0v) is 12.2. The molecule has 0 aliphatic carbocycles. The van der Waals surface area contributed by atoms with Crippen molar-refractivity contribution in [3.63, 3.8) is 0 Å². The first kappa shape index (κ1) is 13.8. The van der Waals surface area contributed by atoms with Crippen molar-refractivity contribution >= 4 is 16.5 Å². The summed E-state index contributed by atoms with van der Waals surface area (Å²) in [6.07, 6.45) is 0. The maximum atomic E-state index is 12.2. The van der Waals surface area contributed by atoms with Crippen molar-refractivity contribution in [2.24, 2.45) is 0 Å². The first-order chi connectivity index (χ1) is 9.06. The maximum Gasteiger partial charge on any atom is 0.0492 e. The van der Waals surface area contributed by atoms with Gasteiger partial charge in [0, 0.05) is 28.0 Å². The zero-order valence-electron chi connectivity index (χ0n) is 11.3. The Bertz CT molecular complexity index is 607. The molecule has 2 aromatic carbocycles. The second-order valence-electron chi connectivity index (χ2n) is 4.85. The summed E-state index contributed by atoms with van der Waals surface area (Å²) in [6, 6.07) is 14.0. The Balaban J connectivity index is 2.08. The Morgan fingerprint density at radius 1 is 1.05 bits per heavy atom. The summed E-state index contributed by atoms with van der Waals surface area (Å²) >= 11 is 0. The van der Waals surface area contributed by atoms with Crippen LogP contribution in [0.3, 0.4) is 0 Å². The molecule has 100 valence electrons. The summed E-state index contributed by atoms with van der Waals surface area (Å²) in [7, 11) is -0.904. The number of benzene rings is 2. The molecule has 2 nitrogen and oxygen atoms in total. The van der Waals surface area contributed by atoms with Crippen molar-refractivity contribution in [3.8, 4) is 0 Å². The first-order valence-electron chi connectivity index (χ1n) is 6.31. The molecule has 2 aromatic rings. The van der Waals surface area contributed by atoms with E-state index in [1.165, 1.54) is 5.56 Å². The Hall–Kier alpha value is -1.61. The van der Waals surface area contributed by atoms with Crippen LogP contribution < -0.4 is 5.73 Å². The number of nitrogens with two attached hydrogens (primary N) is 1. The second kappa shape index (κ2) is 6.02. The van der Waals surface area contributed by atoms with Gasteiger partial charge in [-0.15, -0.1) is 0 Å². The summed E-state index contributed by atoms with van der Waals surface area (Å²) in [5, 5.41) is 0. The van der Waals surface area contributed by atoms with E-state index in [-0.39, 0.29) is 0 Å². The van der Waals surface area contributed by atoms with E-state index in [9.17, 15) is 4.21 Å². The number of nitrogen functional groups attached to an aromatic ring is 1. The van der Waals surface area contributed by atoms with Crippen LogP contribution in [0.4, 0.5) is 5.69 Å². The van der Waals surface area contributed by atoms with Gasteiger partial charge in [-0.2, -0.15) is 0 Å². The molecule has 19 heavy (non-hydrogen) atoms. The summed E-state index contributed by atoms with van der Waals surface area (Å²) in [5.41, 5.74) is 11.1. The number of rotatable bonds is 4. The molecule has 1 atom stereocenters. The van der Waals surface area contributed by atoms with Crippen LogP contribution in [0.15, 0.2) is 42.5 Å². The van der Waals surface area contributed by atoms with Gasteiger partial charge in [0.05, 0.1) is 0 Å². The van der Waals surface area contributed by atoms with Gasteiger partial charge in [-0.05, 0) is 36.6 Å². The van der Waals surface area contributed by atoms with Gasteiger partial charge in [-0.1, -0.05) is 42.0 Å². The third-order valence-electron chi connectivity index (χ3n) is 3.21. The van der Waals surface area contributed by atoms with E-state index in [0.29, 0.717) is 11.5 Å². The van der Waals surface area contributed by atoms with Gasteiger partial charge in [0.25, 0.3) is 0 Å². The van der Waals surface area contributed by atoms with Crippen LogP contribution in [0.5, 0.6) is 0 Å². The molecule has 3 heteroatoms. The van der Waals surface area contributed by atoms with Gasteiger partial charge in [0.2, 0.25) is 0 Å². The molecular formula is C16H19NOS. The van der Waals surface area contributed by atoms with Gasteiger partial charge in [-0.3, -0.25) is 4.21 Å². The van der Waals surface area contributed by atoms with Crippen molar-refractivity contribution in [1.29, 1.82) is 0 Å². The zero-order chi connectivity index (χ0) is 13.8. The van der Waals surface area contributed by atoms with E-state index in [4.69, 9.17) is 5.73 Å². The molecule has 0 aliphatic rings. The molecule has 1 unspecified atom stereocenters. The van der Waals surface area contributed by atoms with Crippen LogP contribution in [0, 0.1) is 13.8 Å². The fourth-order valence-electron chi connectivity index (χ4n) is 2.07. The smallest absolute Gasteiger partial charge is 0.0492 e. The van der Waals surface area contributed by atoms with E-state index in [1.807, 2.05) is 37.3 Å². The van der Waals surface area contributed by atoms with Crippen molar-refractivity contribution in [2.45, 2.75) is 25.4 Å². The third-order valence-corrected chi connectivity index (χ3v) is 4.50. The van der Waals surface area contributed by atoms with Crippen molar-refractivity contribution in [2.75, 3.05) is 5.73 Å². The highest BCUT2D eigenvalue weighted by atomic mass is 32.2. The van der Waals surface area contributed by atoms with Crippen molar-refractivity contribution in [3.05, 3.63) is 64.7 Å². The van der Waals surface area contributed by atoms with Crippen LogP contribution >= 0.6 is 0 Å². The predicted octanol–water partition coefficient (Wildman–Crippen LogP) is 3.33.